The molecule has 5 N–H and O–H groups in total. The minimum Gasteiger partial charge on any atom is -0.493 e. The molecule has 42 heavy (non-hydrogen) atoms. The van der Waals surface area contributed by atoms with Crippen LogP contribution in [-0.4, -0.2) is 65.7 Å². The largest absolute Gasteiger partial charge is 0.493 e. The summed E-state index contributed by atoms with van der Waals surface area (Å²) < 4.78 is 96.0. The summed E-state index contributed by atoms with van der Waals surface area (Å²) in [6, 6.07) is 4.33. The Kier molecular flexibility index (Phi) is 9.47. The van der Waals surface area contributed by atoms with Crippen LogP contribution in [-0.2, 0) is 32.1 Å². The highest BCUT2D eigenvalue weighted by Crippen LogP contribution is 2.46. The third-order valence-electron chi connectivity index (χ3n) is 6.11. The lowest BCUT2D eigenvalue weighted by atomic mass is 9.91. The molecule has 12 nitrogen and oxygen atoms in total. The van der Waals surface area contributed by atoms with Crippen molar-refractivity contribution in [2.24, 2.45) is 5.14 Å². The lowest BCUT2D eigenvalue weighted by molar-refractivity contribution is -0.265. The van der Waals surface area contributed by atoms with Gasteiger partial charge < -0.3 is 24.6 Å². The maximum atomic E-state index is 14.4. The number of rotatable bonds is 10. The van der Waals surface area contributed by atoms with Crippen molar-refractivity contribution in [1.29, 1.82) is 0 Å². The molecule has 0 spiro atoms. The number of nitrogens with zero attached hydrogens (tertiary/aromatic N) is 1. The van der Waals surface area contributed by atoms with E-state index in [2.05, 4.69) is 9.71 Å². The average molecular weight is 659 g/mol. The van der Waals surface area contributed by atoms with Gasteiger partial charge in [0.1, 0.15) is 6.61 Å². The van der Waals surface area contributed by atoms with E-state index >= 15 is 0 Å². The molecule has 1 aromatic heterocycles. The van der Waals surface area contributed by atoms with Gasteiger partial charge in [0.15, 0.2) is 22.4 Å². The van der Waals surface area contributed by atoms with E-state index in [1.807, 2.05) is 5.32 Å². The van der Waals surface area contributed by atoms with Gasteiger partial charge in [0.05, 0.1) is 40.6 Å². The van der Waals surface area contributed by atoms with Crippen molar-refractivity contribution in [3.63, 3.8) is 0 Å². The zero-order valence-electron chi connectivity index (χ0n) is 23.1. The van der Waals surface area contributed by atoms with E-state index in [4.69, 9.17) is 31.0 Å². The van der Waals surface area contributed by atoms with E-state index < -0.39 is 72.3 Å². The molecule has 0 fully saturated rings. The normalized spacial score (nSPS) is 19.3. The fourth-order valence-corrected chi connectivity index (χ4v) is 5.14. The number of benzene rings is 1. The minimum absolute atomic E-state index is 0.0354. The fraction of sp³-hybridized carbons (Fsp3) is 0.500. The topological polar surface area (TPSA) is 179 Å². The zero-order valence-corrected chi connectivity index (χ0v) is 25.5. The molecular formula is C24H30ClF3N4O8S2. The number of carbonyl (C=O) groups is 1. The number of hydrogen-bond donors (Lipinski definition) is 4. The van der Waals surface area contributed by atoms with Crippen LogP contribution < -0.4 is 29.4 Å². The van der Waals surface area contributed by atoms with Gasteiger partial charge in [0.25, 0.3) is 5.91 Å². The first-order chi connectivity index (χ1) is 19.1. The number of sulfonamides is 1. The van der Waals surface area contributed by atoms with E-state index in [0.29, 0.717) is 0 Å². The number of primary sulfonamides is 1. The van der Waals surface area contributed by atoms with Gasteiger partial charge in [-0.05, 0) is 52.0 Å². The Balaban J connectivity index is 1.93. The van der Waals surface area contributed by atoms with Crippen LogP contribution in [0.1, 0.15) is 49.3 Å². The van der Waals surface area contributed by atoms with Crippen LogP contribution in [0.15, 0.2) is 24.3 Å². The summed E-state index contributed by atoms with van der Waals surface area (Å²) >= 11 is 6.17. The second-order valence-corrected chi connectivity index (χ2v) is 14.5. The molecule has 18 heteroatoms. The molecule has 234 valence electrons. The zero-order chi connectivity index (χ0) is 31.9. The summed E-state index contributed by atoms with van der Waals surface area (Å²) in [5.74, 6) is -2.18. The molecule has 0 saturated heterocycles. The predicted molar refractivity (Wildman–Crippen MR) is 147 cm³/mol. The maximum absolute atomic E-state index is 14.4. The molecule has 0 aliphatic carbocycles. The summed E-state index contributed by atoms with van der Waals surface area (Å²) in [6.45, 7) is 5.16. The number of hydrogen-bond acceptors (Lipinski definition) is 9. The molecule has 2 aromatic rings. The maximum Gasteiger partial charge on any atom is 0.424 e. The summed E-state index contributed by atoms with van der Waals surface area (Å²) in [7, 11) is -4.47. The van der Waals surface area contributed by atoms with Gasteiger partial charge in [-0.3, -0.25) is 4.79 Å². The summed E-state index contributed by atoms with van der Waals surface area (Å²) in [5, 5.41) is 17.4. The lowest BCUT2D eigenvalue weighted by Crippen LogP contribution is -2.52. The minimum atomic E-state index is -5.34. The average Bonchev–Trinajstić information content (AvgIpc) is 3.20. The standard InChI is InChI=1S/C24H30ClF3N4O8S2/c1-21(2,3)41(35)32-22(4)11-39-18-14(22)9-17(31-19(18)25)23(34,24(26,27)28)10-30-20(33)13-6-7-15(16(8-13)38-5)40-12-42(29,36)37/h6-9,32,34H,10-12H2,1-5H3,(H,30,33)(H2,29,36,37). The monoisotopic (exact) mass is 658 g/mol. The Labute approximate surface area is 247 Å². The van der Waals surface area contributed by atoms with Gasteiger partial charge in [-0.15, -0.1) is 0 Å². The van der Waals surface area contributed by atoms with Gasteiger partial charge in [-0.2, -0.15) is 13.2 Å². The predicted octanol–water partition coefficient (Wildman–Crippen LogP) is 2.21. The summed E-state index contributed by atoms with van der Waals surface area (Å²) in [4.78, 5) is 16.5. The third kappa shape index (κ3) is 7.26. The van der Waals surface area contributed by atoms with Crippen molar-refractivity contribution >= 4 is 38.5 Å². The highest BCUT2D eigenvalue weighted by atomic mass is 35.5. The first-order valence-electron chi connectivity index (χ1n) is 12.0. The van der Waals surface area contributed by atoms with Gasteiger partial charge in [0.2, 0.25) is 21.6 Å². The van der Waals surface area contributed by atoms with Crippen LogP contribution in [0.5, 0.6) is 17.2 Å². The Bertz CT molecular complexity index is 1500. The van der Waals surface area contributed by atoms with Crippen molar-refractivity contribution < 1.29 is 49.9 Å². The van der Waals surface area contributed by atoms with Gasteiger partial charge in [0, 0.05) is 11.1 Å². The van der Waals surface area contributed by atoms with Crippen LogP contribution in [0, 0.1) is 0 Å². The number of nitrogens with two attached hydrogens (primary N) is 1. The number of aromatic nitrogens is 1. The SMILES string of the molecule is COc1cc(C(=O)NCC(O)(c2cc3c(c(Cl)n2)OCC3(C)NS(=O)C(C)(C)C)C(F)(F)F)ccc1OCS(N)(=O)=O. The van der Waals surface area contributed by atoms with E-state index in [1.165, 1.54) is 7.11 Å². The van der Waals surface area contributed by atoms with E-state index in [9.17, 15) is 35.7 Å². The molecule has 3 unspecified atom stereocenters. The van der Waals surface area contributed by atoms with Gasteiger partial charge in [-0.1, -0.05) is 11.6 Å². The second kappa shape index (κ2) is 11.8. The number of carbonyl (C=O) groups excluding carboxylic acids is 1. The molecule has 1 amide bonds. The number of aliphatic hydroxyl groups is 1. The first-order valence-corrected chi connectivity index (χ1v) is 15.3. The van der Waals surface area contributed by atoms with Crippen LogP contribution in [0.3, 0.4) is 0 Å². The number of halogens is 4. The Hall–Kier alpha value is -2.70. The Morgan fingerprint density at radius 2 is 1.90 bits per heavy atom. The Morgan fingerprint density at radius 1 is 1.26 bits per heavy atom. The number of alkyl halides is 3. The molecule has 2 heterocycles. The number of amides is 1. The number of fused-ring (bicyclic) bond motifs is 1. The van der Waals surface area contributed by atoms with Gasteiger partial charge >= 0.3 is 6.18 Å². The molecular weight excluding hydrogens is 629 g/mol. The lowest BCUT2D eigenvalue weighted by Gasteiger charge is -2.32. The number of methoxy groups -OCH3 is 1. The fourth-order valence-electron chi connectivity index (χ4n) is 3.72. The molecule has 0 saturated carbocycles. The smallest absolute Gasteiger partial charge is 0.424 e. The van der Waals surface area contributed by atoms with Crippen LogP contribution >= 0.6 is 11.6 Å². The van der Waals surface area contributed by atoms with Crippen molar-refractivity contribution in [2.75, 3.05) is 26.2 Å². The summed E-state index contributed by atoms with van der Waals surface area (Å²) in [5.41, 5.74) is -6.01. The van der Waals surface area contributed by atoms with Crippen molar-refractivity contribution in [1.82, 2.24) is 15.0 Å². The van der Waals surface area contributed by atoms with Crippen molar-refractivity contribution in [3.8, 4) is 17.2 Å². The number of pyridine rings is 1. The number of ether oxygens (including phenoxy) is 3. The van der Waals surface area contributed by atoms with E-state index in [0.717, 1.165) is 24.3 Å². The number of nitrogens with one attached hydrogen (secondary N) is 2. The molecule has 1 aliphatic rings. The molecule has 3 atom stereocenters. The highest BCUT2D eigenvalue weighted by molar-refractivity contribution is 7.89. The van der Waals surface area contributed by atoms with Crippen LogP contribution in [0.2, 0.25) is 5.15 Å². The van der Waals surface area contributed by atoms with Crippen LogP contribution in [0.4, 0.5) is 13.2 Å². The molecule has 0 bridgehead atoms. The quantitative estimate of drug-likeness (QED) is 0.279. The van der Waals surface area contributed by atoms with Crippen molar-refractivity contribution in [2.45, 2.75) is 49.8 Å². The van der Waals surface area contributed by atoms with Gasteiger partial charge in [-0.25, -0.2) is 27.5 Å². The van der Waals surface area contributed by atoms with E-state index in [1.54, 1.807) is 27.7 Å². The molecule has 3 rings (SSSR count). The second-order valence-electron chi connectivity index (χ2n) is 10.6. The molecule has 1 aromatic carbocycles. The Morgan fingerprint density at radius 3 is 2.45 bits per heavy atom. The first kappa shape index (κ1) is 33.8. The molecule has 1 aliphatic heterocycles. The van der Waals surface area contributed by atoms with E-state index in [-0.39, 0.29) is 35.0 Å². The third-order valence-corrected chi connectivity index (χ3v) is 8.56. The summed E-state index contributed by atoms with van der Waals surface area (Å²) in [6.07, 6.45) is -5.34. The van der Waals surface area contributed by atoms with Crippen LogP contribution in [0.25, 0.3) is 0 Å². The van der Waals surface area contributed by atoms with Crippen molar-refractivity contribution in [3.05, 3.63) is 46.2 Å². The highest BCUT2D eigenvalue weighted by Gasteiger charge is 2.57. The molecule has 0 radical (unpaired) electrons.